The number of benzene rings is 1. The van der Waals surface area contributed by atoms with Gasteiger partial charge in [-0.15, -0.1) is 0 Å². The van der Waals surface area contributed by atoms with E-state index in [1.54, 1.807) is 35.4 Å². The molecule has 1 amide bonds. The van der Waals surface area contributed by atoms with Gasteiger partial charge in [-0.3, -0.25) is 9.00 Å². The highest BCUT2D eigenvalue weighted by molar-refractivity contribution is 7.84. The summed E-state index contributed by atoms with van der Waals surface area (Å²) >= 11 is 0. The van der Waals surface area contributed by atoms with Crippen LogP contribution in [-0.4, -0.2) is 46.1 Å². The summed E-state index contributed by atoms with van der Waals surface area (Å²) in [6.45, 7) is 1.51. The standard InChI is InChI=1S/C14H19NO3S/c1-19(18)13-6-4-12(5-7-13)14(17)15-8-2-3-11(9-15)10-16/h4-7,11,16H,2-3,8-10H2,1H3. The molecule has 0 radical (unpaired) electrons. The number of nitrogens with zero attached hydrogens (tertiary/aromatic N) is 1. The Hall–Kier alpha value is -1.20. The molecule has 1 aliphatic rings. The van der Waals surface area contributed by atoms with Crippen LogP contribution in [0.15, 0.2) is 29.2 Å². The molecule has 19 heavy (non-hydrogen) atoms. The number of carbonyl (C=O) groups excluding carboxylic acids is 1. The molecule has 0 bridgehead atoms. The van der Waals surface area contributed by atoms with E-state index in [1.807, 2.05) is 0 Å². The highest BCUT2D eigenvalue weighted by Gasteiger charge is 2.23. The number of aliphatic hydroxyl groups excluding tert-OH is 1. The van der Waals surface area contributed by atoms with Crippen molar-refractivity contribution in [3.05, 3.63) is 29.8 Å². The highest BCUT2D eigenvalue weighted by atomic mass is 32.2. The molecule has 104 valence electrons. The second kappa shape index (κ2) is 6.30. The van der Waals surface area contributed by atoms with Gasteiger partial charge in [-0.05, 0) is 43.0 Å². The number of rotatable bonds is 3. The molecule has 2 atom stereocenters. The van der Waals surface area contributed by atoms with E-state index in [4.69, 9.17) is 0 Å². The van der Waals surface area contributed by atoms with Gasteiger partial charge in [0.2, 0.25) is 0 Å². The summed E-state index contributed by atoms with van der Waals surface area (Å²) < 4.78 is 11.3. The summed E-state index contributed by atoms with van der Waals surface area (Å²) in [6.07, 6.45) is 3.54. The van der Waals surface area contributed by atoms with Crippen molar-refractivity contribution in [3.63, 3.8) is 0 Å². The molecule has 2 unspecified atom stereocenters. The normalized spacial score (nSPS) is 21.2. The van der Waals surface area contributed by atoms with E-state index in [0.717, 1.165) is 24.3 Å². The lowest BCUT2D eigenvalue weighted by Crippen LogP contribution is -2.40. The quantitative estimate of drug-likeness (QED) is 0.907. The fraction of sp³-hybridized carbons (Fsp3) is 0.500. The van der Waals surface area contributed by atoms with Gasteiger partial charge in [0, 0.05) is 47.2 Å². The minimum atomic E-state index is -1.02. The summed E-state index contributed by atoms with van der Waals surface area (Å²) in [5, 5.41) is 9.19. The van der Waals surface area contributed by atoms with Gasteiger partial charge in [0.1, 0.15) is 0 Å². The van der Waals surface area contributed by atoms with Crippen LogP contribution in [0.2, 0.25) is 0 Å². The first kappa shape index (κ1) is 14.2. The Bertz CT molecular complexity index is 472. The predicted octanol–water partition coefficient (Wildman–Crippen LogP) is 1.27. The lowest BCUT2D eigenvalue weighted by Gasteiger charge is -2.31. The first-order valence-corrected chi connectivity index (χ1v) is 8.01. The van der Waals surface area contributed by atoms with E-state index < -0.39 is 10.8 Å². The average Bonchev–Trinajstić information content (AvgIpc) is 2.46. The summed E-state index contributed by atoms with van der Waals surface area (Å²) in [6, 6.07) is 6.91. The molecular formula is C14H19NO3S. The van der Waals surface area contributed by atoms with Crippen molar-refractivity contribution >= 4 is 16.7 Å². The lowest BCUT2D eigenvalue weighted by atomic mass is 9.98. The van der Waals surface area contributed by atoms with Crippen molar-refractivity contribution in [2.75, 3.05) is 26.0 Å². The Morgan fingerprint density at radius 2 is 2.11 bits per heavy atom. The highest BCUT2D eigenvalue weighted by Crippen LogP contribution is 2.18. The van der Waals surface area contributed by atoms with E-state index in [2.05, 4.69) is 0 Å². The molecule has 1 aromatic rings. The van der Waals surface area contributed by atoms with E-state index in [1.165, 1.54) is 0 Å². The molecule has 1 aliphatic heterocycles. The third kappa shape index (κ3) is 3.42. The fourth-order valence-electron chi connectivity index (χ4n) is 2.37. The Morgan fingerprint density at radius 1 is 1.42 bits per heavy atom. The van der Waals surface area contributed by atoms with Gasteiger partial charge in [-0.1, -0.05) is 0 Å². The average molecular weight is 281 g/mol. The van der Waals surface area contributed by atoms with E-state index in [-0.39, 0.29) is 18.4 Å². The van der Waals surface area contributed by atoms with Gasteiger partial charge < -0.3 is 10.0 Å². The van der Waals surface area contributed by atoms with Crippen LogP contribution < -0.4 is 0 Å². The molecule has 4 nitrogen and oxygen atoms in total. The fourth-order valence-corrected chi connectivity index (χ4v) is 2.89. The first-order valence-electron chi connectivity index (χ1n) is 6.45. The summed E-state index contributed by atoms with van der Waals surface area (Å²) in [5.41, 5.74) is 0.618. The molecule has 0 saturated carbocycles. The van der Waals surface area contributed by atoms with Crippen molar-refractivity contribution in [3.8, 4) is 0 Å². The van der Waals surface area contributed by atoms with Gasteiger partial charge in [0.15, 0.2) is 0 Å². The van der Waals surface area contributed by atoms with Gasteiger partial charge >= 0.3 is 0 Å². The Kier molecular flexibility index (Phi) is 4.71. The largest absolute Gasteiger partial charge is 0.396 e. The molecule has 1 aromatic carbocycles. The third-order valence-corrected chi connectivity index (χ3v) is 4.43. The Labute approximate surface area is 115 Å². The molecule has 0 aliphatic carbocycles. The van der Waals surface area contributed by atoms with Crippen LogP contribution in [0, 0.1) is 5.92 Å². The van der Waals surface area contributed by atoms with Gasteiger partial charge in [0.25, 0.3) is 5.91 Å². The van der Waals surface area contributed by atoms with Crippen LogP contribution in [0.3, 0.4) is 0 Å². The maximum atomic E-state index is 12.3. The second-order valence-electron chi connectivity index (χ2n) is 4.92. The van der Waals surface area contributed by atoms with Crippen LogP contribution in [-0.2, 0) is 10.8 Å². The zero-order valence-electron chi connectivity index (χ0n) is 11.0. The van der Waals surface area contributed by atoms with Crippen molar-refractivity contribution in [2.24, 2.45) is 5.92 Å². The lowest BCUT2D eigenvalue weighted by molar-refractivity contribution is 0.0620. The summed E-state index contributed by atoms with van der Waals surface area (Å²) in [5.74, 6) is 0.187. The van der Waals surface area contributed by atoms with Crippen molar-refractivity contribution < 1.29 is 14.1 Å². The zero-order chi connectivity index (χ0) is 13.8. The number of carbonyl (C=O) groups is 1. The maximum Gasteiger partial charge on any atom is 0.253 e. The van der Waals surface area contributed by atoms with E-state index in [0.29, 0.717) is 12.1 Å². The number of hydrogen-bond donors (Lipinski definition) is 1. The van der Waals surface area contributed by atoms with Crippen molar-refractivity contribution in [1.82, 2.24) is 4.90 Å². The number of piperidine rings is 1. The Balaban J connectivity index is 2.08. The van der Waals surface area contributed by atoms with E-state index in [9.17, 15) is 14.1 Å². The summed E-state index contributed by atoms with van der Waals surface area (Å²) in [4.78, 5) is 14.8. The predicted molar refractivity (Wildman–Crippen MR) is 74.5 cm³/mol. The molecule has 1 heterocycles. The van der Waals surface area contributed by atoms with Crippen LogP contribution in [0.25, 0.3) is 0 Å². The molecule has 1 saturated heterocycles. The molecule has 2 rings (SSSR count). The van der Waals surface area contributed by atoms with E-state index >= 15 is 0 Å². The summed E-state index contributed by atoms with van der Waals surface area (Å²) in [7, 11) is -1.02. The van der Waals surface area contributed by atoms with Crippen LogP contribution in [0.5, 0.6) is 0 Å². The third-order valence-electron chi connectivity index (χ3n) is 3.50. The number of likely N-dealkylation sites (tertiary alicyclic amines) is 1. The van der Waals surface area contributed by atoms with Crippen LogP contribution in [0.1, 0.15) is 23.2 Å². The zero-order valence-corrected chi connectivity index (χ0v) is 11.9. The smallest absolute Gasteiger partial charge is 0.253 e. The van der Waals surface area contributed by atoms with Gasteiger partial charge in [-0.2, -0.15) is 0 Å². The molecular weight excluding hydrogens is 262 g/mol. The number of amides is 1. The molecule has 1 N–H and O–H groups in total. The van der Waals surface area contributed by atoms with Crippen molar-refractivity contribution in [1.29, 1.82) is 0 Å². The minimum absolute atomic E-state index is 0.00779. The van der Waals surface area contributed by atoms with Gasteiger partial charge in [-0.25, -0.2) is 0 Å². The number of aliphatic hydroxyl groups is 1. The SMILES string of the molecule is CS(=O)c1ccc(C(=O)N2CCCC(CO)C2)cc1. The van der Waals surface area contributed by atoms with Crippen LogP contribution in [0.4, 0.5) is 0 Å². The molecule has 1 fully saturated rings. The minimum Gasteiger partial charge on any atom is -0.396 e. The topological polar surface area (TPSA) is 57.6 Å². The second-order valence-corrected chi connectivity index (χ2v) is 6.30. The molecule has 5 heteroatoms. The Morgan fingerprint density at radius 3 is 2.68 bits per heavy atom. The van der Waals surface area contributed by atoms with Crippen LogP contribution >= 0.6 is 0 Å². The van der Waals surface area contributed by atoms with Gasteiger partial charge in [0.05, 0.1) is 0 Å². The maximum absolute atomic E-state index is 12.3. The number of hydrogen-bond acceptors (Lipinski definition) is 3. The monoisotopic (exact) mass is 281 g/mol. The first-order chi connectivity index (χ1) is 9.11. The molecule has 0 aromatic heterocycles. The molecule has 0 spiro atoms. The van der Waals surface area contributed by atoms with Crippen molar-refractivity contribution in [2.45, 2.75) is 17.7 Å².